The van der Waals surface area contributed by atoms with Crippen LogP contribution in [0.5, 0.6) is 0 Å². The Morgan fingerprint density at radius 1 is 0.506 bits per heavy atom. The van der Waals surface area contributed by atoms with Crippen LogP contribution in [0.15, 0.2) is 277 Å². The molecule has 0 saturated carbocycles. The van der Waals surface area contributed by atoms with E-state index in [-0.39, 0.29) is 31.2 Å². The lowest BCUT2D eigenvalue weighted by Gasteiger charge is -2.53. The lowest BCUT2D eigenvalue weighted by molar-refractivity contribution is 0.360. The topological polar surface area (TPSA) is 39.2 Å². The fourth-order valence-corrected chi connectivity index (χ4v) is 17.5. The molecule has 3 atom stereocenters. The first-order chi connectivity index (χ1) is 40.1. The molecule has 0 spiro atoms. The number of fused-ring (bicyclic) bond motifs is 15. The summed E-state index contributed by atoms with van der Waals surface area (Å²) in [5.41, 5.74) is 24.8. The quantitative estimate of drug-likeness (QED) is 0.159. The highest BCUT2D eigenvalue weighted by molar-refractivity contribution is 7.99. The maximum absolute atomic E-state index is 7.33. The first-order valence-electron chi connectivity index (χ1n) is 28.4. The first-order valence-corrected chi connectivity index (χ1v) is 30.2. The summed E-state index contributed by atoms with van der Waals surface area (Å²) in [6.45, 7) is 4.48. The van der Waals surface area contributed by atoms with Crippen LogP contribution in [0, 0.1) is 24.7 Å². The molecule has 0 N–H and O–H groups in total. The van der Waals surface area contributed by atoms with Crippen molar-refractivity contribution < 1.29 is 8.83 Å². The van der Waals surface area contributed by atoms with Crippen molar-refractivity contribution in [2.45, 2.75) is 25.2 Å². The highest BCUT2D eigenvalue weighted by Crippen LogP contribution is 2.60. The molecule has 11 aromatic rings. The predicted octanol–water partition coefficient (Wildman–Crippen LogP) is 16.4. The number of para-hydroxylation sites is 5. The molecule has 10 heteroatoms. The number of anilines is 7. The van der Waals surface area contributed by atoms with Gasteiger partial charge in [0, 0.05) is 99.0 Å². The number of nitrogens with zero attached hydrogens (tertiary/aromatic N) is 4. The molecule has 8 aromatic carbocycles. The Bertz CT molecular complexity index is 4650. The van der Waals surface area contributed by atoms with E-state index in [9.17, 15) is 0 Å². The molecule has 2 aliphatic carbocycles. The van der Waals surface area contributed by atoms with Gasteiger partial charge in [0.05, 0.1) is 17.1 Å². The summed E-state index contributed by atoms with van der Waals surface area (Å²) in [6.07, 6.45) is 6.21. The van der Waals surface area contributed by atoms with Crippen LogP contribution in [-0.4, -0.2) is 19.2 Å². The van der Waals surface area contributed by atoms with Crippen molar-refractivity contribution in [2.75, 3.05) is 25.4 Å². The van der Waals surface area contributed by atoms with Crippen LogP contribution >= 0.6 is 23.1 Å². The van der Waals surface area contributed by atoms with Gasteiger partial charge in [-0.25, -0.2) is 0 Å². The van der Waals surface area contributed by atoms with Crippen LogP contribution in [0.1, 0.15) is 24.5 Å². The fourth-order valence-electron chi connectivity index (χ4n) is 15.1. The van der Waals surface area contributed by atoms with E-state index in [0.717, 1.165) is 73.7 Å². The lowest BCUT2D eigenvalue weighted by atomic mass is 9.33. The molecule has 0 saturated heterocycles. The molecule has 81 heavy (non-hydrogen) atoms. The second-order valence-electron chi connectivity index (χ2n) is 22.6. The summed E-state index contributed by atoms with van der Waals surface area (Å²) in [7, 11) is 0. The molecule has 6 nitrogen and oxygen atoms in total. The number of thioether (sulfide) groups is 1. The van der Waals surface area contributed by atoms with E-state index < -0.39 is 0 Å². The molecule has 18 rings (SSSR count). The lowest BCUT2D eigenvalue weighted by Crippen LogP contribution is -2.57. The van der Waals surface area contributed by atoms with Crippen molar-refractivity contribution in [3.63, 3.8) is 0 Å². The van der Waals surface area contributed by atoms with Crippen LogP contribution in [0.3, 0.4) is 0 Å². The Morgan fingerprint density at radius 3 is 1.80 bits per heavy atom. The van der Waals surface area contributed by atoms with Crippen LogP contribution in [-0.2, 0) is 0 Å². The van der Waals surface area contributed by atoms with E-state index in [1.165, 1.54) is 87.3 Å². The van der Waals surface area contributed by atoms with Crippen molar-refractivity contribution in [2.24, 2.45) is 17.8 Å². The Kier molecular flexibility index (Phi) is 9.85. The van der Waals surface area contributed by atoms with E-state index in [1.54, 1.807) is 0 Å². The highest BCUT2D eigenvalue weighted by atomic mass is 32.2. The number of thiophene rings is 1. The molecular weight excluding hydrogens is 1030 g/mol. The zero-order chi connectivity index (χ0) is 53.2. The molecule has 3 unspecified atom stereocenters. The number of rotatable bonds is 5. The summed E-state index contributed by atoms with van der Waals surface area (Å²) < 4.78 is 17.4. The van der Waals surface area contributed by atoms with Crippen molar-refractivity contribution in [3.8, 4) is 0 Å². The van der Waals surface area contributed by atoms with Crippen molar-refractivity contribution in [1.29, 1.82) is 0 Å². The molecule has 384 valence electrons. The monoisotopic (exact) mass is 1080 g/mol. The number of furan rings is 2. The number of hydrogen-bond acceptors (Lipinski definition) is 8. The predicted molar refractivity (Wildman–Crippen MR) is 339 cm³/mol. The second kappa shape index (κ2) is 17.3. The van der Waals surface area contributed by atoms with Gasteiger partial charge in [-0.1, -0.05) is 152 Å². The molecule has 0 radical (unpaired) electrons. The molecule has 0 fully saturated rings. The Balaban J connectivity index is 0.939. The number of hydrogen-bond donors (Lipinski definition) is 0. The molecular formula is C71H50B2N4O2S2. The summed E-state index contributed by atoms with van der Waals surface area (Å²) in [6, 6.07) is 78.2. The molecule has 3 aromatic heterocycles. The van der Waals surface area contributed by atoms with Crippen LogP contribution in [0.25, 0.3) is 37.7 Å². The van der Waals surface area contributed by atoms with Crippen molar-refractivity contribution in [3.05, 3.63) is 275 Å². The van der Waals surface area contributed by atoms with E-state index in [4.69, 9.17) is 8.83 Å². The maximum Gasteiger partial charge on any atom is 0.341 e. The molecule has 5 aliphatic heterocycles. The number of benzene rings is 8. The zero-order valence-corrected chi connectivity index (χ0v) is 46.2. The van der Waals surface area contributed by atoms with Crippen LogP contribution < -0.4 is 35.7 Å². The minimum absolute atomic E-state index is 0.0222. The van der Waals surface area contributed by atoms with E-state index in [1.807, 2.05) is 23.1 Å². The Morgan fingerprint density at radius 2 is 1.07 bits per heavy atom. The van der Waals surface area contributed by atoms with Crippen LogP contribution in [0.4, 0.5) is 39.8 Å². The maximum atomic E-state index is 7.33. The van der Waals surface area contributed by atoms with Gasteiger partial charge < -0.3 is 28.4 Å². The molecule has 0 amide bonds. The van der Waals surface area contributed by atoms with Crippen molar-refractivity contribution in [1.82, 2.24) is 0 Å². The summed E-state index contributed by atoms with van der Waals surface area (Å²) in [5, 5.41) is 3.49. The van der Waals surface area contributed by atoms with E-state index in [0.29, 0.717) is 0 Å². The Hall–Kier alpha value is -8.82. The first kappa shape index (κ1) is 46.0. The van der Waals surface area contributed by atoms with Gasteiger partial charge >= 0.3 is 6.71 Å². The smallest absolute Gasteiger partial charge is 0.341 e. The molecule has 0 bridgehead atoms. The van der Waals surface area contributed by atoms with Gasteiger partial charge in [-0.05, 0) is 127 Å². The van der Waals surface area contributed by atoms with Gasteiger partial charge in [-0.2, -0.15) is 0 Å². The largest absolute Gasteiger partial charge is 0.468 e. The van der Waals surface area contributed by atoms with Gasteiger partial charge in [-0.3, -0.25) is 0 Å². The van der Waals surface area contributed by atoms with Gasteiger partial charge in [0.15, 0.2) is 0 Å². The van der Waals surface area contributed by atoms with Gasteiger partial charge in [0.25, 0.3) is 6.71 Å². The average molecular weight is 1080 g/mol. The molecule has 8 heterocycles. The summed E-state index contributed by atoms with van der Waals surface area (Å²) in [5.74, 6) is 1.03. The van der Waals surface area contributed by atoms with Crippen molar-refractivity contribution >= 4 is 130 Å². The van der Waals surface area contributed by atoms with Gasteiger partial charge in [-0.15, -0.1) is 23.1 Å². The second-order valence-corrected chi connectivity index (χ2v) is 24.7. The third-order valence-corrected chi connectivity index (χ3v) is 20.7. The SMILES string of the molecule is Cc1ccc2c3c(oc2c1)B1C2=C(CC(C4C=C5C6=C(C4C)N(c4ccccc4)C4=C(CSc7ccccc74)B6c4sc6ccccc6c4N5c4ccccc4)C=C2N3c2ccccc2)N(c2ccccc2)c2c1oc1ccccc21. The zero-order valence-electron chi connectivity index (χ0n) is 44.6. The normalized spacial score (nSPS) is 19.6. The highest BCUT2D eigenvalue weighted by Gasteiger charge is 2.56. The van der Waals surface area contributed by atoms with Gasteiger partial charge in [0.2, 0.25) is 0 Å². The summed E-state index contributed by atoms with van der Waals surface area (Å²) in [4.78, 5) is 11.8. The Labute approximate surface area is 479 Å². The standard InChI is InChI=1S/C71H50B2N4O2S2/c1-42-35-36-50-59(37-42)79-70-67(50)75(46-23-9-4-10-24-46)56-39-44(38-55-62(56)73(70)69-66(49-29-15-18-32-58(49)78-69)74(55)45-21-7-3-8-22-45)53-40-57-63-64(43(53)2)77(48-27-13-6-14-28-48)65-51-30-16-19-33-60(51)80-41-54(65)72(63)71-68(52-31-17-20-34-61(52)81-71)76(57)47-25-11-5-12-26-47/h3-37,39-40,43-44,53H,38,41H2,1-2H3. The average Bonchev–Trinajstić information content (AvgIpc) is 4.38. The fraction of sp³-hybridized carbons (Fsp3) is 0.0986. The minimum Gasteiger partial charge on any atom is -0.468 e. The van der Waals surface area contributed by atoms with Crippen LogP contribution in [0.2, 0.25) is 0 Å². The summed E-state index contributed by atoms with van der Waals surface area (Å²) >= 11 is 3.99. The van der Waals surface area contributed by atoms with E-state index >= 15 is 0 Å². The third kappa shape index (κ3) is 6.43. The van der Waals surface area contributed by atoms with Gasteiger partial charge in [0.1, 0.15) is 22.5 Å². The number of aryl methyl sites for hydroxylation is 1. The minimum atomic E-state index is -0.298. The third-order valence-electron chi connectivity index (χ3n) is 18.3. The molecule has 7 aliphatic rings. The van der Waals surface area contributed by atoms with E-state index in [2.05, 4.69) is 258 Å². The number of allylic oxidation sites excluding steroid dienone is 6.